The van der Waals surface area contributed by atoms with Crippen LogP contribution in [0.4, 0.5) is 0 Å². The molecule has 0 aliphatic rings. The van der Waals surface area contributed by atoms with Crippen LogP contribution in [0.2, 0.25) is 5.02 Å². The zero-order chi connectivity index (χ0) is 19.8. The summed E-state index contributed by atoms with van der Waals surface area (Å²) >= 11 is 6.31. The van der Waals surface area contributed by atoms with Crippen molar-refractivity contribution in [3.05, 3.63) is 70.7 Å². The molecular weight excluding hydrogens is 360 g/mol. The van der Waals surface area contributed by atoms with Crippen LogP contribution in [0.5, 0.6) is 0 Å². The van der Waals surface area contributed by atoms with Crippen LogP contribution < -0.4 is 5.32 Å². The van der Waals surface area contributed by atoms with Gasteiger partial charge in [-0.05, 0) is 37.5 Å². The molecule has 0 saturated carbocycles. The topological polar surface area (TPSA) is 49.4 Å². The smallest absolute Gasteiger partial charge is 0.243 e. The van der Waals surface area contributed by atoms with Crippen molar-refractivity contribution in [2.24, 2.45) is 0 Å². The Kier molecular flexibility index (Phi) is 7.86. The van der Waals surface area contributed by atoms with E-state index in [1.807, 2.05) is 69.3 Å². The number of benzene rings is 2. The Morgan fingerprint density at radius 3 is 2.26 bits per heavy atom. The Morgan fingerprint density at radius 2 is 1.67 bits per heavy atom. The van der Waals surface area contributed by atoms with Crippen molar-refractivity contribution in [3.8, 4) is 0 Å². The first-order chi connectivity index (χ1) is 12.9. The van der Waals surface area contributed by atoms with E-state index in [2.05, 4.69) is 5.32 Å². The monoisotopic (exact) mass is 386 g/mol. The summed E-state index contributed by atoms with van der Waals surface area (Å²) in [5, 5.41) is 3.52. The van der Waals surface area contributed by atoms with Gasteiger partial charge >= 0.3 is 0 Å². The van der Waals surface area contributed by atoms with Gasteiger partial charge in [0.05, 0.1) is 6.42 Å². The van der Waals surface area contributed by atoms with Crippen LogP contribution in [0, 0.1) is 0 Å². The van der Waals surface area contributed by atoms with Crippen molar-refractivity contribution in [3.63, 3.8) is 0 Å². The molecule has 2 amide bonds. The SMILES string of the molecule is CCC(C(=O)NC(C)C)N(Cc1ccccc1Cl)C(=O)Cc1ccccc1. The van der Waals surface area contributed by atoms with Gasteiger partial charge in [-0.1, -0.05) is 67.1 Å². The minimum atomic E-state index is -0.542. The molecule has 5 heteroatoms. The molecule has 0 bridgehead atoms. The molecule has 1 atom stereocenters. The third-order valence-corrected chi connectivity index (χ3v) is 4.68. The number of carbonyl (C=O) groups excluding carboxylic acids is 2. The molecule has 1 N–H and O–H groups in total. The molecule has 0 spiro atoms. The first-order valence-electron chi connectivity index (χ1n) is 9.29. The number of nitrogens with zero attached hydrogens (tertiary/aromatic N) is 1. The number of hydrogen-bond donors (Lipinski definition) is 1. The Balaban J connectivity index is 2.30. The lowest BCUT2D eigenvalue weighted by molar-refractivity contribution is -0.141. The zero-order valence-electron chi connectivity index (χ0n) is 16.1. The minimum absolute atomic E-state index is 0.0120. The van der Waals surface area contributed by atoms with Crippen LogP contribution in [0.15, 0.2) is 54.6 Å². The van der Waals surface area contributed by atoms with Crippen molar-refractivity contribution in [1.29, 1.82) is 0 Å². The van der Waals surface area contributed by atoms with E-state index in [4.69, 9.17) is 11.6 Å². The fraction of sp³-hybridized carbons (Fsp3) is 0.364. The lowest BCUT2D eigenvalue weighted by Crippen LogP contribution is -2.50. The van der Waals surface area contributed by atoms with E-state index in [9.17, 15) is 9.59 Å². The molecule has 4 nitrogen and oxygen atoms in total. The summed E-state index contributed by atoms with van der Waals surface area (Å²) in [5.41, 5.74) is 1.75. The summed E-state index contributed by atoms with van der Waals surface area (Å²) in [6.45, 7) is 6.04. The highest BCUT2D eigenvalue weighted by atomic mass is 35.5. The first-order valence-corrected chi connectivity index (χ1v) is 9.67. The van der Waals surface area contributed by atoms with Crippen LogP contribution in [-0.4, -0.2) is 28.8 Å². The molecule has 2 rings (SSSR count). The second kappa shape index (κ2) is 10.1. The van der Waals surface area contributed by atoms with Gasteiger partial charge in [-0.25, -0.2) is 0 Å². The lowest BCUT2D eigenvalue weighted by Gasteiger charge is -2.31. The number of nitrogens with one attached hydrogen (secondary N) is 1. The van der Waals surface area contributed by atoms with Gasteiger partial charge in [0.15, 0.2) is 0 Å². The van der Waals surface area contributed by atoms with Gasteiger partial charge in [-0.3, -0.25) is 9.59 Å². The van der Waals surface area contributed by atoms with E-state index in [1.165, 1.54) is 0 Å². The third-order valence-electron chi connectivity index (χ3n) is 4.31. The minimum Gasteiger partial charge on any atom is -0.352 e. The normalized spacial score (nSPS) is 11.9. The number of rotatable bonds is 8. The molecular formula is C22H27ClN2O2. The van der Waals surface area contributed by atoms with E-state index in [0.717, 1.165) is 11.1 Å². The molecule has 2 aromatic rings. The van der Waals surface area contributed by atoms with E-state index in [1.54, 1.807) is 11.0 Å². The summed E-state index contributed by atoms with van der Waals surface area (Å²) in [4.78, 5) is 27.5. The van der Waals surface area contributed by atoms with Crippen molar-refractivity contribution in [2.45, 2.75) is 52.2 Å². The van der Waals surface area contributed by atoms with E-state index in [0.29, 0.717) is 18.0 Å². The van der Waals surface area contributed by atoms with Gasteiger partial charge in [-0.15, -0.1) is 0 Å². The highest BCUT2D eigenvalue weighted by Gasteiger charge is 2.29. The average molecular weight is 387 g/mol. The van der Waals surface area contributed by atoms with Crippen LogP contribution >= 0.6 is 11.6 Å². The van der Waals surface area contributed by atoms with Gasteiger partial charge in [-0.2, -0.15) is 0 Å². The van der Waals surface area contributed by atoms with Crippen LogP contribution in [0.25, 0.3) is 0 Å². The van der Waals surface area contributed by atoms with Gasteiger partial charge in [0.1, 0.15) is 6.04 Å². The summed E-state index contributed by atoms with van der Waals surface area (Å²) in [6, 6.07) is 16.5. The number of carbonyl (C=O) groups is 2. The standard InChI is InChI=1S/C22H27ClN2O2/c1-4-20(22(27)24-16(2)3)25(15-18-12-8-9-13-19(18)23)21(26)14-17-10-6-5-7-11-17/h5-13,16,20H,4,14-15H2,1-3H3,(H,24,27). The Morgan fingerprint density at radius 1 is 1.04 bits per heavy atom. The number of halogens is 1. The molecule has 27 heavy (non-hydrogen) atoms. The van der Waals surface area contributed by atoms with Crippen LogP contribution in [0.1, 0.15) is 38.3 Å². The molecule has 144 valence electrons. The lowest BCUT2D eigenvalue weighted by atomic mass is 10.1. The van der Waals surface area contributed by atoms with Crippen molar-refractivity contribution < 1.29 is 9.59 Å². The van der Waals surface area contributed by atoms with E-state index in [-0.39, 0.29) is 24.3 Å². The average Bonchev–Trinajstić information content (AvgIpc) is 2.63. The van der Waals surface area contributed by atoms with Gasteiger partial charge in [0, 0.05) is 17.6 Å². The Bertz CT molecular complexity index is 762. The van der Waals surface area contributed by atoms with Crippen LogP contribution in [0.3, 0.4) is 0 Å². The van der Waals surface area contributed by atoms with Crippen LogP contribution in [-0.2, 0) is 22.6 Å². The van der Waals surface area contributed by atoms with Gasteiger partial charge in [0.2, 0.25) is 11.8 Å². The number of hydrogen-bond acceptors (Lipinski definition) is 2. The van der Waals surface area contributed by atoms with Gasteiger partial charge < -0.3 is 10.2 Å². The zero-order valence-corrected chi connectivity index (χ0v) is 16.9. The predicted molar refractivity (Wildman–Crippen MR) is 110 cm³/mol. The maximum atomic E-state index is 13.1. The maximum absolute atomic E-state index is 13.1. The van der Waals surface area contributed by atoms with Crippen molar-refractivity contribution in [1.82, 2.24) is 10.2 Å². The second-order valence-electron chi connectivity index (χ2n) is 6.86. The first kappa shape index (κ1) is 21.0. The molecule has 2 aromatic carbocycles. The molecule has 0 heterocycles. The van der Waals surface area contributed by atoms with Crippen molar-refractivity contribution in [2.75, 3.05) is 0 Å². The summed E-state index contributed by atoms with van der Waals surface area (Å²) < 4.78 is 0. The molecule has 0 saturated heterocycles. The predicted octanol–water partition coefficient (Wildman–Crippen LogP) is 4.21. The third kappa shape index (κ3) is 6.10. The molecule has 0 aromatic heterocycles. The Labute approximate surface area is 166 Å². The Hall–Kier alpha value is -2.33. The number of amides is 2. The maximum Gasteiger partial charge on any atom is 0.243 e. The molecule has 0 radical (unpaired) electrons. The summed E-state index contributed by atoms with van der Waals surface area (Å²) in [7, 11) is 0. The summed E-state index contributed by atoms with van der Waals surface area (Å²) in [5.74, 6) is -0.229. The van der Waals surface area contributed by atoms with Crippen molar-refractivity contribution >= 4 is 23.4 Å². The molecule has 0 fully saturated rings. The van der Waals surface area contributed by atoms with E-state index >= 15 is 0 Å². The fourth-order valence-electron chi connectivity index (χ4n) is 2.98. The van der Waals surface area contributed by atoms with E-state index < -0.39 is 6.04 Å². The highest BCUT2D eigenvalue weighted by molar-refractivity contribution is 6.31. The molecule has 1 unspecified atom stereocenters. The second-order valence-corrected chi connectivity index (χ2v) is 7.27. The fourth-order valence-corrected chi connectivity index (χ4v) is 3.18. The van der Waals surface area contributed by atoms with Gasteiger partial charge in [0.25, 0.3) is 0 Å². The molecule has 0 aliphatic heterocycles. The highest BCUT2D eigenvalue weighted by Crippen LogP contribution is 2.20. The molecule has 0 aliphatic carbocycles. The largest absolute Gasteiger partial charge is 0.352 e. The quantitative estimate of drug-likeness (QED) is 0.738. The summed E-state index contributed by atoms with van der Waals surface area (Å²) in [6.07, 6.45) is 0.778.